The van der Waals surface area contributed by atoms with Crippen LogP contribution in [0.3, 0.4) is 0 Å². The van der Waals surface area contributed by atoms with Crippen molar-refractivity contribution in [2.45, 2.75) is 39.2 Å². The van der Waals surface area contributed by atoms with Crippen LogP contribution in [0.1, 0.15) is 33.6 Å². The number of aliphatic imine (C=N–C) groups is 1. The molecule has 0 aliphatic carbocycles. The van der Waals surface area contributed by atoms with Crippen molar-refractivity contribution in [2.75, 3.05) is 71.0 Å². The van der Waals surface area contributed by atoms with Crippen LogP contribution < -0.4 is 10.6 Å². The number of piperidine rings is 1. The van der Waals surface area contributed by atoms with Gasteiger partial charge in [0.2, 0.25) is 0 Å². The van der Waals surface area contributed by atoms with Crippen LogP contribution in [0.2, 0.25) is 0 Å². The Kier molecular flexibility index (Phi) is 11.7. The summed E-state index contributed by atoms with van der Waals surface area (Å²) in [4.78, 5) is 38.7. The molecule has 1 aromatic carbocycles. The van der Waals surface area contributed by atoms with E-state index < -0.39 is 0 Å². The number of nitrogens with one attached hydrogen (secondary N) is 2. The molecule has 11 heteroatoms. The van der Waals surface area contributed by atoms with Crippen LogP contribution in [0.4, 0.5) is 16.2 Å². The molecule has 3 heterocycles. The Balaban J connectivity index is 1.38. The van der Waals surface area contributed by atoms with E-state index in [1.807, 2.05) is 55.6 Å². The van der Waals surface area contributed by atoms with Crippen molar-refractivity contribution in [1.29, 1.82) is 0 Å². The Hall–Kier alpha value is -3.12. The second kappa shape index (κ2) is 15.2. The van der Waals surface area contributed by atoms with E-state index in [0.29, 0.717) is 36.1 Å². The Morgan fingerprint density at radius 3 is 2.41 bits per heavy atom. The second-order valence-corrected chi connectivity index (χ2v) is 13.7. The van der Waals surface area contributed by atoms with Crippen LogP contribution in [0, 0.1) is 5.92 Å². The number of hydrogen-bond donors (Lipinski definition) is 2. The number of likely N-dealkylation sites (N-methyl/N-ethyl adjacent to an activating group) is 1. The highest BCUT2D eigenvalue weighted by Gasteiger charge is 2.42. The third kappa shape index (κ3) is 7.93. The Labute approximate surface area is 271 Å². The van der Waals surface area contributed by atoms with Gasteiger partial charge in [-0.2, -0.15) is 0 Å². The van der Waals surface area contributed by atoms with Crippen LogP contribution in [0.15, 0.2) is 64.8 Å². The van der Waals surface area contributed by atoms with Gasteiger partial charge in [0.15, 0.2) is 0 Å². The Morgan fingerprint density at radius 2 is 1.82 bits per heavy atom. The van der Waals surface area contributed by atoms with Gasteiger partial charge in [0.25, 0.3) is 11.1 Å². The number of hydrogen-bond acceptors (Lipinski definition) is 9. The molecule has 1 aromatic heterocycles. The maximum absolute atomic E-state index is 13.3. The fourth-order valence-electron chi connectivity index (χ4n) is 5.83. The third-order valence-corrected chi connectivity index (χ3v) is 10.9. The summed E-state index contributed by atoms with van der Waals surface area (Å²) in [7, 11) is 5.99. The van der Waals surface area contributed by atoms with Gasteiger partial charge in [-0.3, -0.25) is 9.59 Å². The van der Waals surface area contributed by atoms with Crippen LogP contribution in [0.5, 0.6) is 0 Å². The molecule has 2 aliphatic heterocycles. The van der Waals surface area contributed by atoms with E-state index in [9.17, 15) is 9.59 Å². The van der Waals surface area contributed by atoms with Gasteiger partial charge in [-0.15, -0.1) is 11.3 Å². The molecule has 0 atom stereocenters. The molecular formula is C33H47N7O2S2. The monoisotopic (exact) mass is 637 g/mol. The summed E-state index contributed by atoms with van der Waals surface area (Å²) < 4.78 is 2.18. The first kappa shape index (κ1) is 33.8. The largest absolute Gasteiger partial charge is 0.386 e. The summed E-state index contributed by atoms with van der Waals surface area (Å²) >= 11 is 3.02. The van der Waals surface area contributed by atoms with E-state index in [-0.39, 0.29) is 16.7 Å². The Bertz CT molecular complexity index is 1360. The lowest BCUT2D eigenvalue weighted by molar-refractivity contribution is -0.112. The lowest BCUT2D eigenvalue weighted by Crippen LogP contribution is -2.57. The highest BCUT2D eigenvalue weighted by atomic mass is 32.2. The summed E-state index contributed by atoms with van der Waals surface area (Å²) in [6.07, 6.45) is 5.01. The minimum Gasteiger partial charge on any atom is -0.386 e. The van der Waals surface area contributed by atoms with Crippen LogP contribution >= 0.6 is 23.3 Å². The molecule has 0 spiro atoms. The number of thiophene rings is 1. The van der Waals surface area contributed by atoms with Crippen LogP contribution in [-0.4, -0.2) is 102 Å². The molecule has 44 heavy (non-hydrogen) atoms. The van der Waals surface area contributed by atoms with Crippen molar-refractivity contribution in [1.82, 2.24) is 19.0 Å². The molecule has 2 saturated heterocycles. The number of piperazine rings is 1. The lowest BCUT2D eigenvalue weighted by Gasteiger charge is -2.51. The molecular weight excluding hydrogens is 591 g/mol. The molecule has 0 unspecified atom stereocenters. The highest BCUT2D eigenvalue weighted by molar-refractivity contribution is 8.11. The molecule has 0 radical (unpaired) electrons. The van der Waals surface area contributed by atoms with Crippen molar-refractivity contribution in [3.63, 3.8) is 0 Å². The summed E-state index contributed by atoms with van der Waals surface area (Å²) in [5, 5.41) is 8.40. The van der Waals surface area contributed by atoms with Crippen molar-refractivity contribution in [3.8, 4) is 10.4 Å². The first-order chi connectivity index (χ1) is 21.1. The van der Waals surface area contributed by atoms with E-state index in [4.69, 9.17) is 0 Å². The number of amides is 2. The zero-order valence-corrected chi connectivity index (χ0v) is 28.6. The van der Waals surface area contributed by atoms with Crippen molar-refractivity contribution in [3.05, 3.63) is 59.8 Å². The highest BCUT2D eigenvalue weighted by Crippen LogP contribution is 2.38. The van der Waals surface area contributed by atoms with Gasteiger partial charge in [0.05, 0.1) is 16.9 Å². The number of likely N-dealkylation sites (tertiary alicyclic amines) is 1. The zero-order valence-electron chi connectivity index (χ0n) is 26.9. The molecule has 2 N–H and O–H groups in total. The number of carbonyl (C=O) groups excluding carboxylic acids is 2. The maximum atomic E-state index is 13.3. The SMILES string of the molecule is C=C(N=C/C(=C\C)C(=O)Nc1cc(-c2cccs2)ccc1NC)N(C)C1(C(C)C)CCN(C(=O)SN2CCN(C)CC2)CC1. The van der Waals surface area contributed by atoms with E-state index in [2.05, 4.69) is 63.3 Å². The summed E-state index contributed by atoms with van der Waals surface area (Å²) in [5.74, 6) is 0.671. The number of rotatable bonds is 10. The molecule has 0 saturated carbocycles. The minimum absolute atomic E-state index is 0.137. The van der Waals surface area contributed by atoms with Gasteiger partial charge < -0.3 is 25.3 Å². The normalized spacial score (nSPS) is 18.1. The molecule has 2 amide bonds. The first-order valence-corrected chi connectivity index (χ1v) is 16.9. The smallest absolute Gasteiger partial charge is 0.296 e. The molecule has 2 aliphatic rings. The number of carbonyl (C=O) groups is 2. The standard InChI is InChI=1S/C33H47N7O2S2/c1-8-26(31(41)36-29-22-27(11-12-28(29)34-5)30-10-9-21-43-30)23-35-25(4)38(7)33(24(2)3)13-15-39(16-14-33)32(42)44-40-19-17-37(6)18-20-40/h8-12,21-24,34H,4,13-20H2,1-3,5-7H3,(H,36,41)/b26-8+,35-23?. The van der Waals surface area contributed by atoms with Crippen molar-refractivity contribution >= 4 is 52.0 Å². The lowest BCUT2D eigenvalue weighted by atomic mass is 9.77. The average Bonchev–Trinajstić information content (AvgIpc) is 3.57. The van der Waals surface area contributed by atoms with Gasteiger partial charge >= 0.3 is 0 Å². The zero-order chi connectivity index (χ0) is 31.9. The first-order valence-electron chi connectivity index (χ1n) is 15.3. The summed E-state index contributed by atoms with van der Waals surface area (Å²) in [6, 6.07) is 10.1. The van der Waals surface area contributed by atoms with Crippen molar-refractivity contribution in [2.24, 2.45) is 10.9 Å². The number of allylic oxidation sites excluding steroid dienone is 1. The molecule has 4 rings (SSSR count). The quantitative estimate of drug-likeness (QED) is 0.179. The average molecular weight is 638 g/mol. The van der Waals surface area contributed by atoms with E-state index in [1.54, 1.807) is 23.6 Å². The molecule has 9 nitrogen and oxygen atoms in total. The third-order valence-electron chi connectivity index (χ3n) is 8.96. The fourth-order valence-corrected chi connectivity index (χ4v) is 7.42. The van der Waals surface area contributed by atoms with E-state index in [0.717, 1.165) is 55.1 Å². The number of benzene rings is 1. The number of nitrogens with zero attached hydrogens (tertiary/aromatic N) is 5. The van der Waals surface area contributed by atoms with Crippen molar-refractivity contribution < 1.29 is 9.59 Å². The second-order valence-electron chi connectivity index (χ2n) is 11.8. The predicted octanol–water partition coefficient (Wildman–Crippen LogP) is 6.32. The Morgan fingerprint density at radius 1 is 1.11 bits per heavy atom. The molecule has 238 valence electrons. The molecule has 2 fully saturated rings. The van der Waals surface area contributed by atoms with Crippen LogP contribution in [0.25, 0.3) is 10.4 Å². The fraction of sp³-hybridized carbons (Fsp3) is 0.485. The summed E-state index contributed by atoms with van der Waals surface area (Å²) in [5.41, 5.74) is 2.85. The number of anilines is 2. The predicted molar refractivity (Wildman–Crippen MR) is 188 cm³/mol. The van der Waals surface area contributed by atoms with Gasteiger partial charge in [-0.1, -0.05) is 38.6 Å². The van der Waals surface area contributed by atoms with E-state index in [1.165, 1.54) is 11.9 Å². The molecule has 0 bridgehead atoms. The van der Waals surface area contributed by atoms with Gasteiger partial charge in [0, 0.05) is 81.9 Å². The van der Waals surface area contributed by atoms with E-state index >= 15 is 0 Å². The molecule has 2 aromatic rings. The summed E-state index contributed by atoms with van der Waals surface area (Å²) in [6.45, 7) is 15.7. The maximum Gasteiger partial charge on any atom is 0.296 e. The van der Waals surface area contributed by atoms with Crippen LogP contribution in [-0.2, 0) is 4.79 Å². The van der Waals surface area contributed by atoms with Gasteiger partial charge in [-0.25, -0.2) is 9.30 Å². The van der Waals surface area contributed by atoms with Gasteiger partial charge in [-0.05, 0) is 61.9 Å². The topological polar surface area (TPSA) is 83.5 Å². The minimum atomic E-state index is -0.241. The van der Waals surface area contributed by atoms with Gasteiger partial charge in [0.1, 0.15) is 5.82 Å².